The van der Waals surface area contributed by atoms with Crippen molar-refractivity contribution < 1.29 is 8.42 Å². The minimum Gasteiger partial charge on any atom is -0.300 e. The van der Waals surface area contributed by atoms with Gasteiger partial charge in [0.15, 0.2) is 9.84 Å². The highest BCUT2D eigenvalue weighted by atomic mass is 32.2. The second-order valence-corrected chi connectivity index (χ2v) is 9.01. The SMILES string of the molecule is Cc1ccc(SC(C)CN2CCS(=O)(=O)CC2)cc1. The van der Waals surface area contributed by atoms with Gasteiger partial charge in [0, 0.05) is 29.8 Å². The van der Waals surface area contributed by atoms with Crippen molar-refractivity contribution in [2.75, 3.05) is 31.1 Å². The van der Waals surface area contributed by atoms with E-state index in [4.69, 9.17) is 0 Å². The van der Waals surface area contributed by atoms with Crippen molar-refractivity contribution in [1.82, 2.24) is 4.90 Å². The maximum Gasteiger partial charge on any atom is 0.152 e. The van der Waals surface area contributed by atoms with Crippen LogP contribution in [0.3, 0.4) is 0 Å². The van der Waals surface area contributed by atoms with Crippen LogP contribution in [0.25, 0.3) is 0 Å². The van der Waals surface area contributed by atoms with Crippen LogP contribution in [0.1, 0.15) is 12.5 Å². The van der Waals surface area contributed by atoms with Crippen molar-refractivity contribution in [3.05, 3.63) is 29.8 Å². The van der Waals surface area contributed by atoms with Crippen LogP contribution >= 0.6 is 11.8 Å². The Hall–Kier alpha value is -0.520. The van der Waals surface area contributed by atoms with Gasteiger partial charge in [0.25, 0.3) is 0 Å². The van der Waals surface area contributed by atoms with Crippen LogP contribution in [-0.4, -0.2) is 49.7 Å². The molecule has 1 aliphatic rings. The number of hydrogen-bond donors (Lipinski definition) is 0. The second kappa shape index (κ2) is 6.29. The molecule has 1 aromatic rings. The predicted octanol–water partition coefficient (Wildman–Crippen LogP) is 2.21. The maximum absolute atomic E-state index is 11.4. The van der Waals surface area contributed by atoms with Gasteiger partial charge in [0.2, 0.25) is 0 Å². The van der Waals surface area contributed by atoms with Gasteiger partial charge in [-0.15, -0.1) is 11.8 Å². The molecule has 0 spiro atoms. The summed E-state index contributed by atoms with van der Waals surface area (Å²) in [5.41, 5.74) is 1.28. The zero-order valence-electron chi connectivity index (χ0n) is 11.5. The van der Waals surface area contributed by atoms with Gasteiger partial charge in [-0.1, -0.05) is 24.6 Å². The number of sulfone groups is 1. The van der Waals surface area contributed by atoms with Gasteiger partial charge in [-0.25, -0.2) is 8.42 Å². The summed E-state index contributed by atoms with van der Waals surface area (Å²) in [5, 5.41) is 0.475. The molecule has 2 rings (SSSR count). The number of aryl methyl sites for hydroxylation is 1. The lowest BCUT2D eigenvalue weighted by Crippen LogP contribution is -2.42. The maximum atomic E-state index is 11.4. The molecule has 1 heterocycles. The number of nitrogens with zero attached hydrogens (tertiary/aromatic N) is 1. The normalized spacial score (nSPS) is 21.2. The summed E-state index contributed by atoms with van der Waals surface area (Å²) in [5.74, 6) is 0.629. The van der Waals surface area contributed by atoms with E-state index in [1.54, 1.807) is 0 Å². The summed E-state index contributed by atoms with van der Waals surface area (Å²) in [6.07, 6.45) is 0. The monoisotopic (exact) mass is 299 g/mol. The standard InChI is InChI=1S/C14H21NO2S2/c1-12-3-5-14(6-4-12)18-13(2)11-15-7-9-19(16,17)10-8-15/h3-6,13H,7-11H2,1-2H3. The van der Waals surface area contributed by atoms with Crippen LogP contribution in [0, 0.1) is 6.92 Å². The highest BCUT2D eigenvalue weighted by Gasteiger charge is 2.22. The molecular weight excluding hydrogens is 278 g/mol. The molecule has 0 bridgehead atoms. The molecule has 0 amide bonds. The first-order valence-electron chi connectivity index (χ1n) is 6.61. The van der Waals surface area contributed by atoms with Gasteiger partial charge in [-0.2, -0.15) is 0 Å². The molecule has 1 fully saturated rings. The number of hydrogen-bond acceptors (Lipinski definition) is 4. The molecule has 1 aromatic carbocycles. The lowest BCUT2D eigenvalue weighted by Gasteiger charge is -2.28. The average Bonchev–Trinajstić information content (AvgIpc) is 2.35. The van der Waals surface area contributed by atoms with Crippen LogP contribution in [0.15, 0.2) is 29.2 Å². The molecule has 0 aromatic heterocycles. The summed E-state index contributed by atoms with van der Waals surface area (Å²) >= 11 is 1.85. The van der Waals surface area contributed by atoms with Gasteiger partial charge < -0.3 is 4.90 Å². The van der Waals surface area contributed by atoms with E-state index in [-0.39, 0.29) is 0 Å². The third-order valence-electron chi connectivity index (χ3n) is 3.31. The van der Waals surface area contributed by atoms with Crippen molar-refractivity contribution >= 4 is 21.6 Å². The molecule has 5 heteroatoms. The van der Waals surface area contributed by atoms with E-state index in [9.17, 15) is 8.42 Å². The van der Waals surface area contributed by atoms with Crippen molar-refractivity contribution in [3.8, 4) is 0 Å². The second-order valence-electron chi connectivity index (χ2n) is 5.19. The molecule has 0 aliphatic carbocycles. The van der Waals surface area contributed by atoms with E-state index in [0.29, 0.717) is 29.8 Å². The lowest BCUT2D eigenvalue weighted by atomic mass is 10.2. The van der Waals surface area contributed by atoms with Crippen molar-refractivity contribution in [3.63, 3.8) is 0 Å². The molecule has 0 saturated carbocycles. The van der Waals surface area contributed by atoms with Crippen molar-refractivity contribution in [2.24, 2.45) is 0 Å². The minimum atomic E-state index is -2.76. The fourth-order valence-corrected chi connectivity index (χ4v) is 4.50. The van der Waals surface area contributed by atoms with E-state index >= 15 is 0 Å². The smallest absolute Gasteiger partial charge is 0.152 e. The first-order chi connectivity index (χ1) is 8.94. The Kier molecular flexibility index (Phi) is 4.92. The van der Waals surface area contributed by atoms with Crippen molar-refractivity contribution in [1.29, 1.82) is 0 Å². The molecule has 0 radical (unpaired) electrons. The van der Waals surface area contributed by atoms with Crippen LogP contribution in [0.4, 0.5) is 0 Å². The zero-order valence-corrected chi connectivity index (χ0v) is 13.1. The Bertz CT molecular complexity index is 497. The topological polar surface area (TPSA) is 37.4 Å². The van der Waals surface area contributed by atoms with Gasteiger partial charge in [0.05, 0.1) is 11.5 Å². The Labute approximate surface area is 120 Å². The van der Waals surface area contributed by atoms with Crippen LogP contribution < -0.4 is 0 Å². The third-order valence-corrected chi connectivity index (χ3v) is 6.02. The molecule has 3 nitrogen and oxygen atoms in total. The summed E-state index contributed by atoms with van der Waals surface area (Å²) in [6.45, 7) is 6.61. The molecular formula is C14H21NO2S2. The fraction of sp³-hybridized carbons (Fsp3) is 0.571. The molecule has 1 saturated heterocycles. The zero-order chi connectivity index (χ0) is 13.9. The highest BCUT2D eigenvalue weighted by Crippen LogP contribution is 2.24. The average molecular weight is 299 g/mol. The molecule has 0 N–H and O–H groups in total. The van der Waals surface area contributed by atoms with E-state index in [2.05, 4.69) is 43.0 Å². The molecule has 1 unspecified atom stereocenters. The molecule has 106 valence electrons. The van der Waals surface area contributed by atoms with Gasteiger partial charge in [0.1, 0.15) is 0 Å². The van der Waals surface area contributed by atoms with E-state index in [1.807, 2.05) is 11.8 Å². The van der Waals surface area contributed by atoms with E-state index in [0.717, 1.165) is 6.54 Å². The van der Waals surface area contributed by atoms with E-state index < -0.39 is 9.84 Å². The Morgan fingerprint density at radius 2 is 1.79 bits per heavy atom. The molecule has 1 atom stereocenters. The largest absolute Gasteiger partial charge is 0.300 e. The van der Waals surface area contributed by atoms with E-state index in [1.165, 1.54) is 10.5 Å². The highest BCUT2D eigenvalue weighted by molar-refractivity contribution is 8.00. The van der Waals surface area contributed by atoms with Crippen molar-refractivity contribution in [2.45, 2.75) is 24.0 Å². The first-order valence-corrected chi connectivity index (χ1v) is 9.31. The Morgan fingerprint density at radius 3 is 2.37 bits per heavy atom. The summed E-state index contributed by atoms with van der Waals surface area (Å²) in [4.78, 5) is 3.54. The fourth-order valence-electron chi connectivity index (χ4n) is 2.18. The lowest BCUT2D eigenvalue weighted by molar-refractivity contribution is 0.299. The van der Waals surface area contributed by atoms with Gasteiger partial charge >= 0.3 is 0 Å². The summed E-state index contributed by atoms with van der Waals surface area (Å²) in [7, 11) is -2.76. The summed E-state index contributed by atoms with van der Waals surface area (Å²) < 4.78 is 22.7. The predicted molar refractivity (Wildman–Crippen MR) is 81.6 cm³/mol. The number of rotatable bonds is 4. The van der Waals surface area contributed by atoms with Crippen LogP contribution in [0.5, 0.6) is 0 Å². The summed E-state index contributed by atoms with van der Waals surface area (Å²) in [6, 6.07) is 8.55. The van der Waals surface area contributed by atoms with Gasteiger partial charge in [-0.05, 0) is 19.1 Å². The minimum absolute atomic E-state index is 0.314. The molecule has 19 heavy (non-hydrogen) atoms. The van der Waals surface area contributed by atoms with Gasteiger partial charge in [-0.3, -0.25) is 0 Å². The Balaban J connectivity index is 1.81. The quantitative estimate of drug-likeness (QED) is 0.799. The van der Waals surface area contributed by atoms with Crippen LogP contribution in [0.2, 0.25) is 0 Å². The van der Waals surface area contributed by atoms with Crippen LogP contribution in [-0.2, 0) is 9.84 Å². The number of thioether (sulfide) groups is 1. The number of benzene rings is 1. The Morgan fingerprint density at radius 1 is 1.21 bits per heavy atom. The third kappa shape index (κ3) is 4.82. The molecule has 1 aliphatic heterocycles. The first kappa shape index (κ1) is 14.9.